The Morgan fingerprint density at radius 3 is 1.67 bits per heavy atom. The third-order valence-corrected chi connectivity index (χ3v) is 2.21. The van der Waals surface area contributed by atoms with Crippen molar-refractivity contribution in [3.63, 3.8) is 0 Å². The lowest BCUT2D eigenvalue weighted by Gasteiger charge is -2.08. The van der Waals surface area contributed by atoms with Gasteiger partial charge in [0, 0.05) is 5.56 Å². The maximum Gasteiger partial charge on any atom is 0.240 e. The summed E-state index contributed by atoms with van der Waals surface area (Å²) in [6, 6.07) is 1.82. The van der Waals surface area contributed by atoms with E-state index in [0.717, 1.165) is 11.1 Å². The van der Waals surface area contributed by atoms with Gasteiger partial charge in [0.15, 0.2) is 0 Å². The Kier molecular flexibility index (Phi) is 3.29. The fourth-order valence-electron chi connectivity index (χ4n) is 1.60. The van der Waals surface area contributed by atoms with Crippen molar-refractivity contribution in [1.82, 2.24) is 0 Å². The van der Waals surface area contributed by atoms with Crippen LogP contribution in [0.25, 0.3) is 0 Å². The van der Waals surface area contributed by atoms with Crippen molar-refractivity contribution in [3.8, 4) is 0 Å². The molecular weight excluding hydrogens is 192 g/mol. The first-order chi connectivity index (χ1) is 7.11. The molecule has 0 radical (unpaired) electrons. The number of aryl methyl sites for hydroxylation is 2. The first-order valence-corrected chi connectivity index (χ1v) is 4.38. The van der Waals surface area contributed by atoms with E-state index < -0.39 is 0 Å². The molecule has 0 unspecified atom stereocenters. The summed E-state index contributed by atoms with van der Waals surface area (Å²) in [4.78, 5) is 27.7. The molecule has 1 aromatic carbocycles. The van der Waals surface area contributed by atoms with Gasteiger partial charge in [-0.2, -0.15) is 9.98 Å². The Morgan fingerprint density at radius 1 is 0.933 bits per heavy atom. The predicted octanol–water partition coefficient (Wildman–Crippen LogP) is 2.55. The smallest absolute Gasteiger partial charge is 0.211 e. The van der Waals surface area contributed by atoms with Gasteiger partial charge in [0.1, 0.15) is 0 Å². The summed E-state index contributed by atoms with van der Waals surface area (Å²) in [6.45, 7) is 5.43. The van der Waals surface area contributed by atoms with E-state index in [1.165, 1.54) is 12.2 Å². The molecule has 0 aliphatic carbocycles. The van der Waals surface area contributed by atoms with Crippen molar-refractivity contribution in [2.24, 2.45) is 9.98 Å². The van der Waals surface area contributed by atoms with Gasteiger partial charge in [0.25, 0.3) is 0 Å². The van der Waals surface area contributed by atoms with Gasteiger partial charge < -0.3 is 0 Å². The van der Waals surface area contributed by atoms with Crippen LogP contribution in [0.15, 0.2) is 16.1 Å². The van der Waals surface area contributed by atoms with Crippen LogP contribution in [0.1, 0.15) is 16.7 Å². The summed E-state index contributed by atoms with van der Waals surface area (Å²) in [6.07, 6.45) is 2.98. The zero-order chi connectivity index (χ0) is 11.4. The quantitative estimate of drug-likeness (QED) is 0.546. The minimum atomic E-state index is 0.518. The zero-order valence-corrected chi connectivity index (χ0v) is 8.79. The van der Waals surface area contributed by atoms with E-state index in [1.807, 2.05) is 19.9 Å². The Hall–Kier alpha value is -2.02. The van der Waals surface area contributed by atoms with Crippen LogP contribution in [0.3, 0.4) is 0 Å². The van der Waals surface area contributed by atoms with Gasteiger partial charge in [-0.1, -0.05) is 6.07 Å². The second-order valence-corrected chi connectivity index (χ2v) is 3.24. The highest BCUT2D eigenvalue weighted by Crippen LogP contribution is 2.34. The SMILES string of the molecule is Cc1cc(C)c(N=C=O)c(C)c1N=C=O. The fourth-order valence-corrected chi connectivity index (χ4v) is 1.60. The lowest BCUT2D eigenvalue weighted by atomic mass is 10.0. The van der Waals surface area contributed by atoms with E-state index in [2.05, 4.69) is 9.98 Å². The third kappa shape index (κ3) is 2.08. The highest BCUT2D eigenvalue weighted by atomic mass is 16.1. The molecule has 0 aromatic heterocycles. The molecule has 4 nitrogen and oxygen atoms in total. The van der Waals surface area contributed by atoms with E-state index in [1.54, 1.807) is 6.92 Å². The van der Waals surface area contributed by atoms with Crippen LogP contribution < -0.4 is 0 Å². The van der Waals surface area contributed by atoms with Crippen molar-refractivity contribution < 1.29 is 9.59 Å². The molecular formula is C11H10N2O2. The average molecular weight is 202 g/mol. The second kappa shape index (κ2) is 4.47. The summed E-state index contributed by atoms with van der Waals surface area (Å²) in [5.74, 6) is 0. The summed E-state index contributed by atoms with van der Waals surface area (Å²) >= 11 is 0. The van der Waals surface area contributed by atoms with E-state index >= 15 is 0 Å². The summed E-state index contributed by atoms with van der Waals surface area (Å²) in [5, 5.41) is 0. The van der Waals surface area contributed by atoms with Crippen molar-refractivity contribution in [1.29, 1.82) is 0 Å². The number of rotatable bonds is 2. The molecule has 0 atom stereocenters. The number of aliphatic imine (C=N–C) groups is 2. The normalized spacial score (nSPS) is 9.00. The molecule has 0 N–H and O–H groups in total. The lowest BCUT2D eigenvalue weighted by molar-refractivity contribution is 0.564. The van der Waals surface area contributed by atoms with Gasteiger partial charge in [0.05, 0.1) is 11.4 Å². The van der Waals surface area contributed by atoms with Crippen molar-refractivity contribution >= 4 is 23.5 Å². The molecule has 0 aliphatic rings. The maximum absolute atomic E-state index is 10.2. The maximum atomic E-state index is 10.2. The molecule has 1 rings (SSSR count). The number of isocyanates is 2. The van der Waals surface area contributed by atoms with Crippen molar-refractivity contribution in [3.05, 3.63) is 22.8 Å². The van der Waals surface area contributed by atoms with Crippen LogP contribution in [0.5, 0.6) is 0 Å². The van der Waals surface area contributed by atoms with Crippen LogP contribution in [0, 0.1) is 20.8 Å². The number of hydrogen-bond acceptors (Lipinski definition) is 4. The molecule has 0 saturated carbocycles. The van der Waals surface area contributed by atoms with Crippen molar-refractivity contribution in [2.45, 2.75) is 20.8 Å². The molecule has 0 fully saturated rings. The van der Waals surface area contributed by atoms with Crippen LogP contribution in [0.4, 0.5) is 11.4 Å². The minimum Gasteiger partial charge on any atom is -0.211 e. The van der Waals surface area contributed by atoms with Crippen LogP contribution in [0.2, 0.25) is 0 Å². The Labute approximate surface area is 87.4 Å². The fraction of sp³-hybridized carbons (Fsp3) is 0.273. The predicted molar refractivity (Wildman–Crippen MR) is 56.2 cm³/mol. The molecule has 76 valence electrons. The molecule has 15 heavy (non-hydrogen) atoms. The number of hydrogen-bond donors (Lipinski definition) is 0. The van der Waals surface area contributed by atoms with Gasteiger partial charge in [-0.15, -0.1) is 0 Å². The Morgan fingerprint density at radius 2 is 1.33 bits per heavy atom. The molecule has 1 aromatic rings. The Bertz CT molecular complexity index is 452. The van der Waals surface area contributed by atoms with Gasteiger partial charge in [-0.3, -0.25) is 0 Å². The number of benzene rings is 1. The molecule has 4 heteroatoms. The minimum absolute atomic E-state index is 0.518. The monoisotopic (exact) mass is 202 g/mol. The van der Waals surface area contributed by atoms with E-state index in [-0.39, 0.29) is 0 Å². The number of carbonyl (C=O) groups excluding carboxylic acids is 2. The standard InChI is InChI=1S/C11H10N2O2/c1-7-4-8(2)11(13-6-15)9(3)10(7)12-5-14/h4H,1-3H3. The third-order valence-electron chi connectivity index (χ3n) is 2.21. The molecule has 0 amide bonds. The topological polar surface area (TPSA) is 58.9 Å². The van der Waals surface area contributed by atoms with Gasteiger partial charge in [0.2, 0.25) is 12.2 Å². The summed E-state index contributed by atoms with van der Waals surface area (Å²) in [5.41, 5.74) is 3.45. The first-order valence-electron chi connectivity index (χ1n) is 4.38. The van der Waals surface area contributed by atoms with Crippen molar-refractivity contribution in [2.75, 3.05) is 0 Å². The van der Waals surface area contributed by atoms with E-state index in [4.69, 9.17) is 0 Å². The summed E-state index contributed by atoms with van der Waals surface area (Å²) in [7, 11) is 0. The highest BCUT2D eigenvalue weighted by Gasteiger charge is 2.09. The summed E-state index contributed by atoms with van der Waals surface area (Å²) < 4.78 is 0. The number of nitrogens with zero attached hydrogens (tertiary/aromatic N) is 2. The zero-order valence-electron chi connectivity index (χ0n) is 8.79. The van der Waals surface area contributed by atoms with Crippen LogP contribution in [-0.2, 0) is 9.59 Å². The first kappa shape index (κ1) is 11.1. The van der Waals surface area contributed by atoms with Gasteiger partial charge in [-0.25, -0.2) is 9.59 Å². The van der Waals surface area contributed by atoms with Crippen LogP contribution in [-0.4, -0.2) is 12.2 Å². The molecule has 0 saturated heterocycles. The molecule has 0 heterocycles. The molecule has 0 aliphatic heterocycles. The average Bonchev–Trinajstić information content (AvgIpc) is 2.19. The van der Waals surface area contributed by atoms with Gasteiger partial charge in [-0.05, 0) is 31.9 Å². The van der Waals surface area contributed by atoms with Crippen LogP contribution >= 0.6 is 0 Å². The van der Waals surface area contributed by atoms with Gasteiger partial charge >= 0.3 is 0 Å². The van der Waals surface area contributed by atoms with E-state index in [9.17, 15) is 9.59 Å². The Balaban J connectivity index is 3.62. The molecule has 0 spiro atoms. The highest BCUT2D eigenvalue weighted by molar-refractivity contribution is 5.71. The molecule has 0 bridgehead atoms. The largest absolute Gasteiger partial charge is 0.240 e. The second-order valence-electron chi connectivity index (χ2n) is 3.24. The van der Waals surface area contributed by atoms with E-state index in [0.29, 0.717) is 16.9 Å². The lowest BCUT2D eigenvalue weighted by Crippen LogP contribution is -1.86.